The van der Waals surface area contributed by atoms with Crippen molar-refractivity contribution in [2.75, 3.05) is 33.7 Å². The average molecular weight is 768 g/mol. The fraction of sp³-hybridized carbons (Fsp3) is 0.641. The number of aliphatic hydroxyl groups is 1. The number of hydrogen-bond donors (Lipinski definition) is 1. The Morgan fingerprint density at radius 2 is 1.55 bits per heavy atom. The summed E-state index contributed by atoms with van der Waals surface area (Å²) < 4.78 is 86.0. The Kier molecular flexibility index (Phi) is 17.7. The Bertz CT molecular complexity index is 1360. The summed E-state index contributed by atoms with van der Waals surface area (Å²) in [6.45, 7) is 4.53. The summed E-state index contributed by atoms with van der Waals surface area (Å²) >= 11 is 0. The molecule has 0 bridgehead atoms. The Labute approximate surface area is 310 Å². The van der Waals surface area contributed by atoms with Crippen LogP contribution in [0.2, 0.25) is 0 Å². The minimum Gasteiger partial charge on any atom is -0.358 e. The van der Waals surface area contributed by atoms with E-state index in [0.29, 0.717) is 24.8 Å². The number of hydrogen-bond acceptors (Lipinski definition) is 4. The molecule has 2 saturated carbocycles. The third-order valence-electron chi connectivity index (χ3n) is 10.9. The Morgan fingerprint density at radius 1 is 0.941 bits per heavy atom. The molecule has 3 fully saturated rings. The van der Waals surface area contributed by atoms with E-state index in [-0.39, 0.29) is 48.2 Å². The minimum atomic E-state index is -5.00. The number of carbonyl (C=O) groups excluding carboxylic acids is 1. The molecule has 51 heavy (non-hydrogen) atoms. The molecule has 5 rings (SSSR count). The van der Waals surface area contributed by atoms with Crippen LogP contribution in [-0.2, 0) is 28.3 Å². The van der Waals surface area contributed by atoms with Crippen LogP contribution in [0.1, 0.15) is 123 Å². The average Bonchev–Trinajstić information content (AvgIpc) is 2.98. The third-order valence-corrected chi connectivity index (χ3v) is 10.9. The molecule has 3 aliphatic rings. The second kappa shape index (κ2) is 19.9. The predicted molar refractivity (Wildman–Crippen MR) is 183 cm³/mol. The number of nitrogens with zero attached hydrogens (tertiary/aromatic N) is 2. The van der Waals surface area contributed by atoms with Crippen molar-refractivity contribution in [2.24, 2.45) is 11.8 Å². The fourth-order valence-corrected chi connectivity index (χ4v) is 8.06. The van der Waals surface area contributed by atoms with Gasteiger partial charge in [-0.15, -0.1) is 13.2 Å². The second-order valence-corrected chi connectivity index (χ2v) is 14.5. The van der Waals surface area contributed by atoms with Gasteiger partial charge in [-0.25, -0.2) is 4.39 Å². The van der Waals surface area contributed by atoms with Crippen molar-refractivity contribution in [1.29, 1.82) is 0 Å². The van der Waals surface area contributed by atoms with Crippen LogP contribution in [-0.4, -0.2) is 60.8 Å². The molecule has 2 aromatic rings. The fourth-order valence-electron chi connectivity index (χ4n) is 8.06. The van der Waals surface area contributed by atoms with E-state index in [9.17, 15) is 31.1 Å². The molecule has 2 aliphatic carbocycles. The quantitative estimate of drug-likeness (QED) is 0.183. The van der Waals surface area contributed by atoms with Crippen molar-refractivity contribution in [2.45, 2.75) is 114 Å². The van der Waals surface area contributed by atoms with Gasteiger partial charge in [-0.1, -0.05) is 43.9 Å². The van der Waals surface area contributed by atoms with Crippen molar-refractivity contribution in [3.8, 4) is 0 Å². The van der Waals surface area contributed by atoms with Crippen molar-refractivity contribution < 1.29 is 58.0 Å². The standard InChI is InChI=1S/C37H50F4N2O.CHF3O.CH3.Cr/c1-25-21-32(38)24-33(34(25)27-9-5-4-6-10-27)35(36(44)28-11-7-12-28)43(3)20-17-30(22-26-15-18-42(2)19-16-26)29-13-8-14-31(23-29)37(39,40)41;2-1(3,4)5;;/h8,13-14,21,23-24,26-28,30,35H,4-7,9-12,15-20,22H2,1-3H3;5H;1H3;/q;;-1;. The summed E-state index contributed by atoms with van der Waals surface area (Å²) in [4.78, 5) is 18.6. The molecular formula is C39H54CrF7N2O2-. The summed E-state index contributed by atoms with van der Waals surface area (Å²) in [5.74, 6) is 0.579. The largest absolute Gasteiger partial charge is 0.519 e. The van der Waals surface area contributed by atoms with Gasteiger partial charge in [0.2, 0.25) is 0 Å². The van der Waals surface area contributed by atoms with Gasteiger partial charge in [-0.2, -0.15) is 13.2 Å². The molecule has 288 valence electrons. The molecule has 2 unspecified atom stereocenters. The van der Waals surface area contributed by atoms with Crippen LogP contribution in [0.25, 0.3) is 0 Å². The monoisotopic (exact) mass is 767 g/mol. The van der Waals surface area contributed by atoms with Crippen LogP contribution < -0.4 is 0 Å². The van der Waals surface area contributed by atoms with Gasteiger partial charge in [-0.05, 0) is 150 Å². The van der Waals surface area contributed by atoms with E-state index >= 15 is 4.39 Å². The molecule has 1 aliphatic heterocycles. The van der Waals surface area contributed by atoms with Crippen molar-refractivity contribution in [3.05, 3.63) is 77.5 Å². The predicted octanol–water partition coefficient (Wildman–Crippen LogP) is 10.4. The van der Waals surface area contributed by atoms with Gasteiger partial charge < -0.3 is 17.4 Å². The number of likely N-dealkylation sites (tertiary alicyclic amines) is 1. The van der Waals surface area contributed by atoms with E-state index < -0.39 is 24.1 Å². The van der Waals surface area contributed by atoms with E-state index in [0.717, 1.165) is 106 Å². The molecule has 1 heterocycles. The topological polar surface area (TPSA) is 43.8 Å². The summed E-state index contributed by atoms with van der Waals surface area (Å²) in [6, 6.07) is 8.52. The van der Waals surface area contributed by atoms with Crippen molar-refractivity contribution in [3.63, 3.8) is 0 Å². The number of likely N-dealkylation sites (N-methyl/N-ethyl adjacent to an activating group) is 1. The maximum Gasteiger partial charge on any atom is 0.519 e. The maximum atomic E-state index is 15.1. The molecule has 2 aromatic carbocycles. The van der Waals surface area contributed by atoms with Crippen LogP contribution in [0.5, 0.6) is 0 Å². The van der Waals surface area contributed by atoms with E-state index in [1.54, 1.807) is 12.1 Å². The first-order valence-electron chi connectivity index (χ1n) is 17.7. The number of piperidine rings is 1. The van der Waals surface area contributed by atoms with Gasteiger partial charge in [0.25, 0.3) is 0 Å². The number of alkyl halides is 6. The minimum absolute atomic E-state index is 0. The zero-order valence-electron chi connectivity index (χ0n) is 30.3. The van der Waals surface area contributed by atoms with E-state index in [1.165, 1.54) is 18.6 Å². The number of ketones is 1. The summed E-state index contributed by atoms with van der Waals surface area (Å²) in [6.07, 6.45) is 2.57. The van der Waals surface area contributed by atoms with E-state index in [2.05, 4.69) is 16.8 Å². The molecule has 0 aromatic heterocycles. The summed E-state index contributed by atoms with van der Waals surface area (Å²) in [5, 5.41) is 6.52. The van der Waals surface area contributed by atoms with Gasteiger partial charge in [0.1, 0.15) is 5.82 Å². The zero-order valence-corrected chi connectivity index (χ0v) is 31.5. The van der Waals surface area contributed by atoms with Gasteiger partial charge >= 0.3 is 12.5 Å². The Balaban J connectivity index is 0.00000120. The molecule has 0 radical (unpaired) electrons. The van der Waals surface area contributed by atoms with Gasteiger partial charge in [0.15, 0.2) is 5.78 Å². The summed E-state index contributed by atoms with van der Waals surface area (Å²) in [5.41, 5.74) is 3.01. The SMILES string of the molecule is Cc1cc(F)cc(C(C(=O)C2CCC2)N(C)CCC(CC2CCN(C)CC2)c2cccc(C(F)(F)F)c2)c1C1CCCCC1.OC(F)(F)F.[CH3-].[Cr]. The Hall–Kier alpha value is -1.97. The second-order valence-electron chi connectivity index (χ2n) is 14.5. The molecule has 2 atom stereocenters. The molecule has 0 amide bonds. The van der Waals surface area contributed by atoms with Crippen LogP contribution in [0.15, 0.2) is 36.4 Å². The van der Waals surface area contributed by atoms with E-state index in [4.69, 9.17) is 5.11 Å². The van der Waals surface area contributed by atoms with Crippen molar-refractivity contribution >= 4 is 5.78 Å². The van der Waals surface area contributed by atoms with Gasteiger partial charge in [0, 0.05) is 23.3 Å². The van der Waals surface area contributed by atoms with Crippen LogP contribution in [0.4, 0.5) is 30.7 Å². The molecule has 12 heteroatoms. The van der Waals surface area contributed by atoms with Crippen LogP contribution in [0.3, 0.4) is 0 Å². The smallest absolute Gasteiger partial charge is 0.358 e. The zero-order chi connectivity index (χ0) is 35.9. The van der Waals surface area contributed by atoms with Gasteiger partial charge in [-0.3, -0.25) is 9.69 Å². The number of benzene rings is 2. The summed E-state index contributed by atoms with van der Waals surface area (Å²) in [7, 11) is 4.08. The first kappa shape index (κ1) is 45.2. The Morgan fingerprint density at radius 3 is 2.10 bits per heavy atom. The molecule has 0 spiro atoms. The molecule has 1 N–H and O–H groups in total. The number of halogens is 7. The maximum absolute atomic E-state index is 15.1. The first-order chi connectivity index (χ1) is 23.0. The number of Topliss-reactive ketones (excluding diaryl/α,β-unsaturated/α-hetero) is 1. The third kappa shape index (κ3) is 13.4. The van der Waals surface area contributed by atoms with Crippen LogP contribution >= 0.6 is 0 Å². The molecular weight excluding hydrogens is 713 g/mol. The molecule has 4 nitrogen and oxygen atoms in total. The molecule has 1 saturated heterocycles. The van der Waals surface area contributed by atoms with Gasteiger partial charge in [0.05, 0.1) is 11.6 Å². The number of rotatable bonds is 11. The number of aryl methyl sites for hydroxylation is 1. The normalized spacial score (nSPS) is 19.2. The van der Waals surface area contributed by atoms with Crippen molar-refractivity contribution in [1.82, 2.24) is 9.80 Å². The first-order valence-corrected chi connectivity index (χ1v) is 17.7. The van der Waals surface area contributed by atoms with E-state index in [1.807, 2.05) is 20.0 Å². The van der Waals surface area contributed by atoms with Crippen LogP contribution in [0, 0.1) is 32.0 Å². The number of carbonyl (C=O) groups is 1.